The summed E-state index contributed by atoms with van der Waals surface area (Å²) < 4.78 is 12.4. The molecule has 0 spiro atoms. The Balaban J connectivity index is 1.65. The first-order valence-electron chi connectivity index (χ1n) is 9.51. The number of anilines is 1. The van der Waals surface area contributed by atoms with Crippen LogP contribution in [0.4, 0.5) is 5.95 Å². The maximum atomic E-state index is 13.3. The minimum absolute atomic E-state index is 0.105. The lowest BCUT2D eigenvalue weighted by Gasteiger charge is -2.26. The molecule has 0 N–H and O–H groups in total. The second-order valence-electron chi connectivity index (χ2n) is 7.07. The summed E-state index contributed by atoms with van der Waals surface area (Å²) in [5.74, 6) is 1.37. The maximum absolute atomic E-state index is 13.3. The number of fused-ring (bicyclic) bond motifs is 1. The van der Waals surface area contributed by atoms with Crippen molar-refractivity contribution < 1.29 is 9.47 Å². The van der Waals surface area contributed by atoms with Crippen molar-refractivity contribution in [3.05, 3.63) is 40.8 Å². The number of nitrogens with zero attached hydrogens (tertiary/aromatic N) is 5. The molecule has 3 aromatic rings. The minimum atomic E-state index is -0.105. The van der Waals surface area contributed by atoms with Crippen LogP contribution in [-0.4, -0.2) is 52.9 Å². The minimum Gasteiger partial charge on any atom is -0.497 e. The van der Waals surface area contributed by atoms with E-state index in [9.17, 15) is 4.79 Å². The van der Waals surface area contributed by atoms with Gasteiger partial charge in [0.05, 0.1) is 26.5 Å². The Labute approximate surface area is 161 Å². The van der Waals surface area contributed by atoms with E-state index in [0.29, 0.717) is 36.0 Å². The van der Waals surface area contributed by atoms with Gasteiger partial charge < -0.3 is 14.4 Å². The largest absolute Gasteiger partial charge is 0.497 e. The number of benzene rings is 1. The van der Waals surface area contributed by atoms with Crippen LogP contribution in [0.1, 0.15) is 18.9 Å². The maximum Gasteiger partial charge on any atom is 0.279 e. The molecule has 2 aliphatic rings. The molecule has 28 heavy (non-hydrogen) atoms. The van der Waals surface area contributed by atoms with E-state index >= 15 is 0 Å². The number of aromatic nitrogens is 4. The van der Waals surface area contributed by atoms with Gasteiger partial charge in [-0.15, -0.1) is 0 Å². The summed E-state index contributed by atoms with van der Waals surface area (Å²) in [5.41, 5.74) is 2.33. The number of methoxy groups -OCH3 is 1. The number of hydrogen-bond acceptors (Lipinski definition) is 7. The highest BCUT2D eigenvalue weighted by molar-refractivity contribution is 5.75. The van der Waals surface area contributed by atoms with E-state index in [1.54, 1.807) is 17.9 Å². The summed E-state index contributed by atoms with van der Waals surface area (Å²) in [6.45, 7) is 2.81. The fraction of sp³-hybridized carbons (Fsp3) is 0.400. The summed E-state index contributed by atoms with van der Waals surface area (Å²) in [7, 11) is 1.62. The molecule has 0 unspecified atom stereocenters. The summed E-state index contributed by atoms with van der Waals surface area (Å²) in [4.78, 5) is 29.2. The second kappa shape index (κ2) is 6.87. The lowest BCUT2D eigenvalue weighted by molar-refractivity contribution is 0.122. The average molecular weight is 379 g/mol. The molecule has 8 nitrogen and oxygen atoms in total. The first kappa shape index (κ1) is 17.1. The molecular weight excluding hydrogens is 358 g/mol. The van der Waals surface area contributed by atoms with Gasteiger partial charge in [-0.1, -0.05) is 0 Å². The molecule has 8 heteroatoms. The summed E-state index contributed by atoms with van der Waals surface area (Å²) in [5, 5.41) is 0. The van der Waals surface area contributed by atoms with Crippen LogP contribution in [0.2, 0.25) is 0 Å². The molecule has 0 radical (unpaired) electrons. The van der Waals surface area contributed by atoms with Crippen molar-refractivity contribution >= 4 is 17.1 Å². The smallest absolute Gasteiger partial charge is 0.279 e. The Hall–Kier alpha value is -3.00. The predicted octanol–water partition coefficient (Wildman–Crippen LogP) is 2.03. The highest BCUT2D eigenvalue weighted by Gasteiger charge is 2.29. The van der Waals surface area contributed by atoms with Crippen LogP contribution in [0.15, 0.2) is 35.3 Å². The summed E-state index contributed by atoms with van der Waals surface area (Å²) in [6, 6.07) is 7.56. The molecule has 2 aromatic heterocycles. The number of morpholine rings is 1. The predicted molar refractivity (Wildman–Crippen MR) is 105 cm³/mol. The van der Waals surface area contributed by atoms with Crippen molar-refractivity contribution in [1.29, 1.82) is 0 Å². The Morgan fingerprint density at radius 2 is 1.86 bits per heavy atom. The van der Waals surface area contributed by atoms with Gasteiger partial charge in [0, 0.05) is 24.7 Å². The van der Waals surface area contributed by atoms with Crippen molar-refractivity contribution in [2.45, 2.75) is 18.9 Å². The lowest BCUT2D eigenvalue weighted by Crippen LogP contribution is -2.37. The van der Waals surface area contributed by atoms with E-state index in [1.807, 2.05) is 24.3 Å². The molecule has 3 heterocycles. The molecule has 1 saturated carbocycles. The summed E-state index contributed by atoms with van der Waals surface area (Å²) in [6.07, 6.45) is 3.69. The van der Waals surface area contributed by atoms with Crippen LogP contribution < -0.4 is 15.2 Å². The van der Waals surface area contributed by atoms with Crippen LogP contribution in [0.3, 0.4) is 0 Å². The standard InChI is InChI=1S/C20H21N5O3/c1-27-15-6-2-13(3-7-15)17-19(26)25(14-4-5-14)18-16(22-17)12-21-20(23-18)24-8-10-28-11-9-24/h2-3,6-7,12,14H,4-5,8-11H2,1H3. The average Bonchev–Trinajstić information content (AvgIpc) is 3.59. The normalized spacial score (nSPS) is 17.1. The van der Waals surface area contributed by atoms with Gasteiger partial charge in [0.15, 0.2) is 5.65 Å². The molecule has 144 valence electrons. The van der Waals surface area contributed by atoms with Crippen LogP contribution in [0.25, 0.3) is 22.4 Å². The summed E-state index contributed by atoms with van der Waals surface area (Å²) >= 11 is 0. The van der Waals surface area contributed by atoms with Gasteiger partial charge in [0.2, 0.25) is 5.95 Å². The zero-order valence-electron chi connectivity index (χ0n) is 15.7. The first-order chi connectivity index (χ1) is 13.7. The third kappa shape index (κ3) is 2.99. The zero-order valence-corrected chi connectivity index (χ0v) is 15.7. The van der Waals surface area contributed by atoms with Crippen LogP contribution in [0.5, 0.6) is 5.75 Å². The van der Waals surface area contributed by atoms with Gasteiger partial charge in [-0.25, -0.2) is 9.97 Å². The Morgan fingerprint density at radius 3 is 2.54 bits per heavy atom. The number of hydrogen-bond donors (Lipinski definition) is 0. The third-order valence-corrected chi connectivity index (χ3v) is 5.19. The lowest BCUT2D eigenvalue weighted by atomic mass is 10.1. The van der Waals surface area contributed by atoms with Gasteiger partial charge in [-0.2, -0.15) is 4.98 Å². The Kier molecular flexibility index (Phi) is 4.20. The van der Waals surface area contributed by atoms with Gasteiger partial charge in [-0.05, 0) is 37.1 Å². The van der Waals surface area contributed by atoms with Crippen LogP contribution in [0, 0.1) is 0 Å². The fourth-order valence-electron chi connectivity index (χ4n) is 3.52. The highest BCUT2D eigenvalue weighted by atomic mass is 16.5. The molecule has 5 rings (SSSR count). The molecule has 2 fully saturated rings. The molecule has 1 aliphatic carbocycles. The molecule has 0 bridgehead atoms. The fourth-order valence-corrected chi connectivity index (χ4v) is 3.52. The highest BCUT2D eigenvalue weighted by Crippen LogP contribution is 2.36. The van der Waals surface area contributed by atoms with Gasteiger partial charge in [-0.3, -0.25) is 9.36 Å². The van der Waals surface area contributed by atoms with E-state index < -0.39 is 0 Å². The number of ether oxygens (including phenoxy) is 2. The van der Waals surface area contributed by atoms with E-state index in [0.717, 1.165) is 37.2 Å². The van der Waals surface area contributed by atoms with Gasteiger partial charge in [0.25, 0.3) is 5.56 Å². The molecule has 1 aliphatic heterocycles. The number of rotatable bonds is 4. The van der Waals surface area contributed by atoms with E-state index in [-0.39, 0.29) is 11.6 Å². The quantitative estimate of drug-likeness (QED) is 0.686. The molecule has 0 amide bonds. The van der Waals surface area contributed by atoms with Crippen molar-refractivity contribution in [2.24, 2.45) is 0 Å². The Morgan fingerprint density at radius 1 is 1.11 bits per heavy atom. The monoisotopic (exact) mass is 379 g/mol. The van der Waals surface area contributed by atoms with Gasteiger partial charge in [0.1, 0.15) is 17.0 Å². The molecule has 1 saturated heterocycles. The van der Waals surface area contributed by atoms with Crippen molar-refractivity contribution in [2.75, 3.05) is 38.3 Å². The van der Waals surface area contributed by atoms with Crippen LogP contribution in [-0.2, 0) is 4.74 Å². The van der Waals surface area contributed by atoms with Gasteiger partial charge >= 0.3 is 0 Å². The SMILES string of the molecule is COc1ccc(-c2nc3cnc(N4CCOCC4)nc3n(C3CC3)c2=O)cc1. The van der Waals surface area contributed by atoms with E-state index in [2.05, 4.69) is 14.9 Å². The molecular formula is C20H21N5O3. The van der Waals surface area contributed by atoms with E-state index in [4.69, 9.17) is 14.5 Å². The van der Waals surface area contributed by atoms with Crippen LogP contribution >= 0.6 is 0 Å². The van der Waals surface area contributed by atoms with E-state index in [1.165, 1.54) is 0 Å². The second-order valence-corrected chi connectivity index (χ2v) is 7.07. The third-order valence-electron chi connectivity index (χ3n) is 5.19. The van der Waals surface area contributed by atoms with Crippen molar-refractivity contribution in [1.82, 2.24) is 19.5 Å². The zero-order chi connectivity index (χ0) is 19.1. The topological polar surface area (TPSA) is 82.4 Å². The first-order valence-corrected chi connectivity index (χ1v) is 9.51. The van der Waals surface area contributed by atoms with Crippen molar-refractivity contribution in [3.63, 3.8) is 0 Å². The molecule has 0 atom stereocenters. The van der Waals surface area contributed by atoms with Crippen molar-refractivity contribution in [3.8, 4) is 17.0 Å². The Bertz CT molecular complexity index is 1070. The molecule has 1 aromatic carbocycles.